The second-order valence-electron chi connectivity index (χ2n) is 6.68. The summed E-state index contributed by atoms with van der Waals surface area (Å²) in [4.78, 5) is 22.4. The highest BCUT2D eigenvalue weighted by Gasteiger charge is 2.22. The molecular formula is C21H24O5. The van der Waals surface area contributed by atoms with Crippen molar-refractivity contribution in [1.82, 2.24) is 0 Å². The first-order valence-electron chi connectivity index (χ1n) is 8.56. The van der Waals surface area contributed by atoms with Gasteiger partial charge in [0.2, 0.25) is 0 Å². The van der Waals surface area contributed by atoms with Crippen LogP contribution in [0.2, 0.25) is 0 Å². The Kier molecular flexibility index (Phi) is 6.52. The first kappa shape index (κ1) is 19.7. The van der Waals surface area contributed by atoms with E-state index in [4.69, 9.17) is 4.74 Å². The second kappa shape index (κ2) is 8.63. The summed E-state index contributed by atoms with van der Waals surface area (Å²) < 4.78 is 5.72. The third kappa shape index (κ3) is 4.11. The molecule has 26 heavy (non-hydrogen) atoms. The van der Waals surface area contributed by atoms with Gasteiger partial charge >= 0.3 is 0 Å². The van der Waals surface area contributed by atoms with E-state index in [2.05, 4.69) is 13.8 Å². The van der Waals surface area contributed by atoms with E-state index in [1.807, 2.05) is 0 Å². The van der Waals surface area contributed by atoms with E-state index in [-0.39, 0.29) is 17.9 Å². The minimum Gasteiger partial charge on any atom is -0.504 e. The molecule has 0 saturated heterocycles. The lowest BCUT2D eigenvalue weighted by Gasteiger charge is -2.19. The largest absolute Gasteiger partial charge is 0.504 e. The van der Waals surface area contributed by atoms with Crippen LogP contribution in [-0.2, 0) is 11.3 Å². The van der Waals surface area contributed by atoms with Crippen LogP contribution in [0.4, 0.5) is 0 Å². The fraction of sp³-hybridized carbons (Fsp3) is 0.333. The number of ether oxygens (including phenoxy) is 1. The molecule has 5 heteroatoms. The third-order valence-electron chi connectivity index (χ3n) is 4.38. The van der Waals surface area contributed by atoms with Gasteiger partial charge in [-0.1, -0.05) is 38.1 Å². The van der Waals surface area contributed by atoms with Gasteiger partial charge in [0.15, 0.2) is 17.8 Å². The van der Waals surface area contributed by atoms with E-state index in [9.17, 15) is 19.8 Å². The lowest BCUT2D eigenvalue weighted by molar-refractivity contribution is 0.105. The maximum absolute atomic E-state index is 11.6. The van der Waals surface area contributed by atoms with Gasteiger partial charge in [-0.2, -0.15) is 0 Å². The van der Waals surface area contributed by atoms with Crippen LogP contribution in [-0.4, -0.2) is 29.4 Å². The minimum atomic E-state index is -0.437. The Morgan fingerprint density at radius 1 is 1.04 bits per heavy atom. The number of hydrogen-bond donors (Lipinski definition) is 2. The summed E-state index contributed by atoms with van der Waals surface area (Å²) >= 11 is 0. The van der Waals surface area contributed by atoms with Crippen molar-refractivity contribution < 1.29 is 24.5 Å². The zero-order valence-electron chi connectivity index (χ0n) is 15.3. The van der Waals surface area contributed by atoms with Gasteiger partial charge in [0.05, 0.1) is 12.2 Å². The molecule has 0 aliphatic heterocycles. The highest BCUT2D eigenvalue weighted by Crippen LogP contribution is 2.42. The predicted molar refractivity (Wildman–Crippen MR) is 99.8 cm³/mol. The molecular weight excluding hydrogens is 332 g/mol. The molecule has 5 nitrogen and oxygen atoms in total. The van der Waals surface area contributed by atoms with E-state index in [1.165, 1.54) is 0 Å². The molecule has 2 aromatic carbocycles. The van der Waals surface area contributed by atoms with E-state index in [0.717, 1.165) is 18.3 Å². The fourth-order valence-corrected chi connectivity index (χ4v) is 2.82. The van der Waals surface area contributed by atoms with Crippen molar-refractivity contribution in [3.8, 4) is 22.6 Å². The maximum Gasteiger partial charge on any atom is 0.168 e. The Morgan fingerprint density at radius 2 is 1.69 bits per heavy atom. The topological polar surface area (TPSA) is 83.8 Å². The molecule has 0 saturated carbocycles. The molecule has 0 spiro atoms. The van der Waals surface area contributed by atoms with Crippen molar-refractivity contribution in [2.45, 2.75) is 33.8 Å². The van der Waals surface area contributed by atoms with Gasteiger partial charge in [-0.25, -0.2) is 0 Å². The average Bonchev–Trinajstić information content (AvgIpc) is 2.63. The van der Waals surface area contributed by atoms with Gasteiger partial charge in [-0.15, -0.1) is 0 Å². The number of hydrogen-bond acceptors (Lipinski definition) is 5. The highest BCUT2D eigenvalue weighted by atomic mass is 16.5. The molecule has 0 aliphatic carbocycles. The normalized spacial score (nSPS) is 10.9. The Balaban J connectivity index is 2.53. The SMILES string of the molecule is Cc1c(O)c(O)c(C=O)c(COCCC(C)C)c1-c1ccc(C=O)cc1. The van der Waals surface area contributed by atoms with Crippen LogP contribution in [0.25, 0.3) is 11.1 Å². The first-order valence-corrected chi connectivity index (χ1v) is 8.56. The Labute approximate surface area is 153 Å². The molecule has 2 aromatic rings. The van der Waals surface area contributed by atoms with Crippen LogP contribution in [0.3, 0.4) is 0 Å². The van der Waals surface area contributed by atoms with Gasteiger partial charge in [0.25, 0.3) is 0 Å². The third-order valence-corrected chi connectivity index (χ3v) is 4.38. The highest BCUT2D eigenvalue weighted by molar-refractivity contribution is 5.90. The molecule has 0 radical (unpaired) electrons. The second-order valence-corrected chi connectivity index (χ2v) is 6.68. The summed E-state index contributed by atoms with van der Waals surface area (Å²) in [7, 11) is 0. The molecule has 0 atom stereocenters. The number of carbonyl (C=O) groups is 2. The quantitative estimate of drug-likeness (QED) is 0.419. The van der Waals surface area contributed by atoms with Crippen molar-refractivity contribution in [3.63, 3.8) is 0 Å². The number of aromatic hydroxyl groups is 2. The number of carbonyl (C=O) groups excluding carboxylic acids is 2. The van der Waals surface area contributed by atoms with Gasteiger partial charge < -0.3 is 14.9 Å². The van der Waals surface area contributed by atoms with Crippen molar-refractivity contribution in [1.29, 1.82) is 0 Å². The molecule has 0 aromatic heterocycles. The van der Waals surface area contributed by atoms with Crippen LogP contribution in [0.1, 0.15) is 52.1 Å². The standard InChI is InChI=1S/C21H24O5/c1-13(2)8-9-26-12-18-17(11-23)21(25)20(24)14(3)19(18)16-6-4-15(10-22)5-7-16/h4-7,10-11,13,24-25H,8-9,12H2,1-3H3. The van der Waals surface area contributed by atoms with Crippen molar-refractivity contribution in [2.24, 2.45) is 5.92 Å². The Morgan fingerprint density at radius 3 is 2.23 bits per heavy atom. The van der Waals surface area contributed by atoms with Crippen LogP contribution in [0.15, 0.2) is 24.3 Å². The summed E-state index contributed by atoms with van der Waals surface area (Å²) in [5.41, 5.74) is 2.88. The molecule has 0 bridgehead atoms. The van der Waals surface area contributed by atoms with Crippen molar-refractivity contribution >= 4 is 12.6 Å². The van der Waals surface area contributed by atoms with Gasteiger partial charge in [-0.05, 0) is 30.4 Å². The van der Waals surface area contributed by atoms with E-state index >= 15 is 0 Å². The molecule has 2 rings (SSSR count). The summed E-state index contributed by atoms with van der Waals surface area (Å²) in [5, 5.41) is 20.4. The average molecular weight is 356 g/mol. The Bertz CT molecular complexity index is 791. The fourth-order valence-electron chi connectivity index (χ4n) is 2.82. The zero-order valence-corrected chi connectivity index (χ0v) is 15.3. The van der Waals surface area contributed by atoms with Crippen LogP contribution < -0.4 is 0 Å². The van der Waals surface area contributed by atoms with Crippen molar-refractivity contribution in [2.75, 3.05) is 6.61 Å². The van der Waals surface area contributed by atoms with E-state index in [0.29, 0.717) is 41.1 Å². The van der Waals surface area contributed by atoms with E-state index < -0.39 is 5.75 Å². The molecule has 138 valence electrons. The first-order chi connectivity index (χ1) is 12.4. The summed E-state index contributed by atoms with van der Waals surface area (Å²) in [6, 6.07) is 6.81. The maximum atomic E-state index is 11.6. The zero-order chi connectivity index (χ0) is 19.3. The smallest absolute Gasteiger partial charge is 0.168 e. The van der Waals surface area contributed by atoms with Gasteiger partial charge in [0.1, 0.15) is 6.29 Å². The van der Waals surface area contributed by atoms with Crippen LogP contribution in [0.5, 0.6) is 11.5 Å². The molecule has 0 heterocycles. The number of rotatable bonds is 8. The van der Waals surface area contributed by atoms with Crippen LogP contribution >= 0.6 is 0 Å². The predicted octanol–water partition coefficient (Wildman–Crippen LogP) is 4.26. The number of phenols is 2. The summed E-state index contributed by atoms with van der Waals surface area (Å²) in [6.07, 6.45) is 2.15. The lowest BCUT2D eigenvalue weighted by Crippen LogP contribution is -2.05. The van der Waals surface area contributed by atoms with Crippen molar-refractivity contribution in [3.05, 3.63) is 46.5 Å². The Hall–Kier alpha value is -2.66. The number of aldehydes is 2. The molecule has 0 unspecified atom stereocenters. The molecule has 0 amide bonds. The van der Waals surface area contributed by atoms with Gasteiger partial charge in [-0.3, -0.25) is 9.59 Å². The van der Waals surface area contributed by atoms with Gasteiger partial charge in [0, 0.05) is 23.3 Å². The molecule has 0 fully saturated rings. The summed E-state index contributed by atoms with van der Waals surface area (Å²) in [5.74, 6) is -0.272. The minimum absolute atomic E-state index is 0.0205. The number of benzene rings is 2. The van der Waals surface area contributed by atoms with Crippen LogP contribution in [0, 0.1) is 12.8 Å². The summed E-state index contributed by atoms with van der Waals surface area (Å²) in [6.45, 7) is 6.53. The van der Waals surface area contributed by atoms with E-state index in [1.54, 1.807) is 31.2 Å². The molecule has 2 N–H and O–H groups in total. The monoisotopic (exact) mass is 356 g/mol. The number of phenolic OH excluding ortho intramolecular Hbond substituents is 2. The molecule has 0 aliphatic rings. The lowest BCUT2D eigenvalue weighted by atomic mass is 9.90.